The van der Waals surface area contributed by atoms with Crippen LogP contribution in [-0.4, -0.2) is 31.1 Å². The van der Waals surface area contributed by atoms with Gasteiger partial charge in [0.25, 0.3) is 0 Å². The number of benzene rings is 1. The molecule has 6 heteroatoms. The van der Waals surface area contributed by atoms with Gasteiger partial charge in [-0.3, -0.25) is 4.90 Å². The van der Waals surface area contributed by atoms with Crippen molar-refractivity contribution < 1.29 is 17.6 Å². The lowest BCUT2D eigenvalue weighted by atomic mass is 9.79. The van der Waals surface area contributed by atoms with E-state index in [2.05, 4.69) is 5.32 Å². The number of rotatable bonds is 2. The van der Waals surface area contributed by atoms with Gasteiger partial charge in [-0.2, -0.15) is 13.2 Å². The minimum atomic E-state index is -4.49. The molecule has 1 aliphatic rings. The quantitative estimate of drug-likeness (QED) is 0.834. The lowest BCUT2D eigenvalue weighted by Gasteiger charge is -2.43. The second-order valence-corrected chi connectivity index (χ2v) is 6.78. The molecule has 1 fully saturated rings. The molecule has 1 aromatic rings. The predicted octanol–water partition coefficient (Wildman–Crippen LogP) is 3.84. The van der Waals surface area contributed by atoms with E-state index in [-0.39, 0.29) is 5.56 Å². The summed E-state index contributed by atoms with van der Waals surface area (Å²) in [6.07, 6.45) is -4.49. The van der Waals surface area contributed by atoms with Crippen LogP contribution in [0.25, 0.3) is 0 Å². The average Bonchev–Trinajstić information content (AvgIpc) is 2.37. The third-order valence-electron chi connectivity index (χ3n) is 3.95. The van der Waals surface area contributed by atoms with Gasteiger partial charge in [0.05, 0.1) is 5.56 Å². The summed E-state index contributed by atoms with van der Waals surface area (Å²) in [4.78, 5) is 2.01. The normalized spacial score (nSPS) is 19.2. The molecule has 0 bridgehead atoms. The lowest BCUT2D eigenvalue weighted by Crippen LogP contribution is -2.48. The van der Waals surface area contributed by atoms with Crippen molar-refractivity contribution in [3.05, 3.63) is 35.1 Å². The number of halogens is 4. The molecule has 0 aliphatic carbocycles. The van der Waals surface area contributed by atoms with E-state index in [0.29, 0.717) is 13.1 Å². The van der Waals surface area contributed by atoms with Crippen LogP contribution in [0.15, 0.2) is 18.2 Å². The largest absolute Gasteiger partial charge is 0.416 e. The maximum atomic E-state index is 13.7. The first-order chi connectivity index (χ1) is 10.1. The molecule has 2 nitrogen and oxygen atoms in total. The summed E-state index contributed by atoms with van der Waals surface area (Å²) in [5.41, 5.74) is -1.15. The van der Waals surface area contributed by atoms with E-state index in [1.807, 2.05) is 25.7 Å². The van der Waals surface area contributed by atoms with Crippen molar-refractivity contribution in [1.82, 2.24) is 10.2 Å². The molecule has 0 amide bonds. The molecule has 1 heterocycles. The summed E-state index contributed by atoms with van der Waals surface area (Å²) < 4.78 is 53.7. The number of hydrogen-bond acceptors (Lipinski definition) is 2. The molecule has 1 saturated heterocycles. The Morgan fingerprint density at radius 3 is 2.18 bits per heavy atom. The Labute approximate surface area is 128 Å². The maximum Gasteiger partial charge on any atom is 0.416 e. The molecule has 1 N–H and O–H groups in total. The summed E-state index contributed by atoms with van der Waals surface area (Å²) >= 11 is 0. The SMILES string of the molecule is CC(C)(C)[C@@H](c1cc(F)ccc1C(F)(F)F)N1CCNCC1. The second-order valence-electron chi connectivity index (χ2n) is 6.78. The molecule has 0 saturated carbocycles. The van der Waals surface area contributed by atoms with Crippen molar-refractivity contribution in [2.24, 2.45) is 5.41 Å². The Balaban J connectivity index is 2.54. The molecule has 1 atom stereocenters. The van der Waals surface area contributed by atoms with Gasteiger partial charge < -0.3 is 5.32 Å². The van der Waals surface area contributed by atoms with E-state index < -0.39 is 29.0 Å². The molecule has 0 radical (unpaired) electrons. The van der Waals surface area contributed by atoms with Crippen LogP contribution in [0.3, 0.4) is 0 Å². The first-order valence-corrected chi connectivity index (χ1v) is 7.42. The number of piperazine rings is 1. The van der Waals surface area contributed by atoms with Gasteiger partial charge in [-0.05, 0) is 29.2 Å². The van der Waals surface area contributed by atoms with E-state index in [0.717, 1.165) is 31.3 Å². The zero-order valence-electron chi connectivity index (χ0n) is 13.1. The highest BCUT2D eigenvalue weighted by atomic mass is 19.4. The number of nitrogens with zero attached hydrogens (tertiary/aromatic N) is 1. The summed E-state index contributed by atoms with van der Waals surface area (Å²) in [5, 5.41) is 3.19. The Hall–Kier alpha value is -1.14. The van der Waals surface area contributed by atoms with Crippen molar-refractivity contribution >= 4 is 0 Å². The summed E-state index contributed by atoms with van der Waals surface area (Å²) in [7, 11) is 0. The minimum absolute atomic E-state index is 0.0295. The third kappa shape index (κ3) is 3.79. The van der Waals surface area contributed by atoms with Crippen LogP contribution in [0, 0.1) is 11.2 Å². The van der Waals surface area contributed by atoms with Gasteiger partial charge in [-0.25, -0.2) is 4.39 Å². The van der Waals surface area contributed by atoms with Crippen LogP contribution < -0.4 is 5.32 Å². The fraction of sp³-hybridized carbons (Fsp3) is 0.625. The van der Waals surface area contributed by atoms with Gasteiger partial charge in [0.15, 0.2) is 0 Å². The Morgan fingerprint density at radius 1 is 1.09 bits per heavy atom. The van der Waals surface area contributed by atoms with Gasteiger partial charge in [-0.15, -0.1) is 0 Å². The number of hydrogen-bond donors (Lipinski definition) is 1. The van der Waals surface area contributed by atoms with E-state index >= 15 is 0 Å². The van der Waals surface area contributed by atoms with E-state index in [4.69, 9.17) is 0 Å². The topological polar surface area (TPSA) is 15.3 Å². The number of nitrogens with one attached hydrogen (secondary N) is 1. The molecule has 0 spiro atoms. The van der Waals surface area contributed by atoms with Gasteiger partial charge in [0.2, 0.25) is 0 Å². The Bertz CT molecular complexity index is 514. The first kappa shape index (κ1) is 17.2. The van der Waals surface area contributed by atoms with E-state index in [9.17, 15) is 17.6 Å². The predicted molar refractivity (Wildman–Crippen MR) is 78.0 cm³/mol. The van der Waals surface area contributed by atoms with Crippen LogP contribution >= 0.6 is 0 Å². The highest BCUT2D eigenvalue weighted by Gasteiger charge is 2.40. The van der Waals surface area contributed by atoms with Crippen molar-refractivity contribution in [1.29, 1.82) is 0 Å². The second kappa shape index (κ2) is 6.16. The van der Waals surface area contributed by atoms with Crippen LogP contribution in [-0.2, 0) is 6.18 Å². The smallest absolute Gasteiger partial charge is 0.314 e. The summed E-state index contributed by atoms with van der Waals surface area (Å²) in [6, 6.07) is 2.29. The van der Waals surface area contributed by atoms with Crippen molar-refractivity contribution in [3.8, 4) is 0 Å². The van der Waals surface area contributed by atoms with Gasteiger partial charge in [-0.1, -0.05) is 20.8 Å². The molecule has 1 aliphatic heterocycles. The average molecular weight is 318 g/mol. The van der Waals surface area contributed by atoms with Crippen molar-refractivity contribution in [2.45, 2.75) is 33.0 Å². The first-order valence-electron chi connectivity index (χ1n) is 7.42. The van der Waals surface area contributed by atoms with Gasteiger partial charge in [0.1, 0.15) is 5.82 Å². The zero-order valence-corrected chi connectivity index (χ0v) is 13.1. The molecule has 124 valence electrons. The fourth-order valence-corrected chi connectivity index (χ4v) is 3.17. The van der Waals surface area contributed by atoms with Crippen LogP contribution in [0.2, 0.25) is 0 Å². The standard InChI is InChI=1S/C16H22F4N2/c1-15(2,3)14(22-8-6-21-7-9-22)12-10-11(17)4-5-13(12)16(18,19)20/h4-5,10,14,21H,6-9H2,1-3H3/t14-/m1/s1. The number of alkyl halides is 3. The molecular weight excluding hydrogens is 296 g/mol. The lowest BCUT2D eigenvalue weighted by molar-refractivity contribution is -0.139. The van der Waals surface area contributed by atoms with Crippen LogP contribution in [0.1, 0.15) is 37.9 Å². The molecule has 1 aromatic carbocycles. The monoisotopic (exact) mass is 318 g/mol. The molecule has 0 unspecified atom stereocenters. The van der Waals surface area contributed by atoms with E-state index in [1.54, 1.807) is 0 Å². The molecule has 2 rings (SSSR count). The third-order valence-corrected chi connectivity index (χ3v) is 3.95. The highest BCUT2D eigenvalue weighted by molar-refractivity contribution is 5.34. The Morgan fingerprint density at radius 2 is 1.68 bits per heavy atom. The van der Waals surface area contributed by atoms with Crippen LogP contribution in [0.5, 0.6) is 0 Å². The van der Waals surface area contributed by atoms with Crippen molar-refractivity contribution in [2.75, 3.05) is 26.2 Å². The minimum Gasteiger partial charge on any atom is -0.314 e. The van der Waals surface area contributed by atoms with Crippen molar-refractivity contribution in [3.63, 3.8) is 0 Å². The van der Waals surface area contributed by atoms with Gasteiger partial charge in [0, 0.05) is 32.2 Å². The molecule has 22 heavy (non-hydrogen) atoms. The molecule has 0 aromatic heterocycles. The Kier molecular flexibility index (Phi) is 4.82. The van der Waals surface area contributed by atoms with Crippen LogP contribution in [0.4, 0.5) is 17.6 Å². The molecular formula is C16H22F4N2. The fourth-order valence-electron chi connectivity index (χ4n) is 3.17. The highest BCUT2D eigenvalue weighted by Crippen LogP contribution is 2.44. The summed E-state index contributed by atoms with van der Waals surface area (Å²) in [6.45, 7) is 8.43. The van der Waals surface area contributed by atoms with Gasteiger partial charge >= 0.3 is 6.18 Å². The van der Waals surface area contributed by atoms with E-state index in [1.165, 1.54) is 0 Å². The summed E-state index contributed by atoms with van der Waals surface area (Å²) in [5.74, 6) is -0.632. The zero-order chi connectivity index (χ0) is 16.5. The maximum absolute atomic E-state index is 13.7.